The molecule has 1 rings (SSSR count). The van der Waals surface area contributed by atoms with Crippen molar-refractivity contribution in [3.8, 4) is 5.75 Å². The first-order valence-corrected chi connectivity index (χ1v) is 3.66. The van der Waals surface area contributed by atoms with E-state index in [4.69, 9.17) is 15.9 Å². The van der Waals surface area contributed by atoms with Crippen molar-refractivity contribution in [2.75, 3.05) is 6.61 Å². The molecule has 0 saturated carbocycles. The average Bonchev–Trinajstić information content (AvgIpc) is 2.15. The third kappa shape index (κ3) is 2.59. The lowest BCUT2D eigenvalue weighted by Gasteiger charge is -2.02. The highest BCUT2D eigenvalue weighted by atomic mass is 16.5. The minimum Gasteiger partial charge on any atom is -0.485 e. The number of nitrogen functional groups attached to an aromatic ring is 1. The molecule has 0 amide bonds. The largest absolute Gasteiger partial charge is 0.485 e. The molecule has 1 aromatic rings. The molecule has 1 radical (unpaired) electrons. The number of carbonyl (C=O) groups excluding carboxylic acids is 1. The second kappa shape index (κ2) is 4.25. The van der Waals surface area contributed by atoms with E-state index in [-0.39, 0.29) is 12.4 Å². The summed E-state index contributed by atoms with van der Waals surface area (Å²) in [4.78, 5) is 9.85. The van der Waals surface area contributed by atoms with Gasteiger partial charge in [0.25, 0.3) is 0 Å². The molecule has 4 heteroatoms. The SMILES string of the molecule is N=C(N)c1ccc(OC[C]=O)cc1. The van der Waals surface area contributed by atoms with Crippen molar-refractivity contribution in [1.29, 1.82) is 5.41 Å². The third-order valence-electron chi connectivity index (χ3n) is 1.46. The van der Waals surface area contributed by atoms with E-state index in [0.717, 1.165) is 0 Å². The van der Waals surface area contributed by atoms with Gasteiger partial charge in [-0.25, -0.2) is 0 Å². The molecular weight excluding hydrogens is 168 g/mol. The van der Waals surface area contributed by atoms with E-state index < -0.39 is 0 Å². The molecule has 67 valence electrons. The second-order valence-corrected chi connectivity index (χ2v) is 2.37. The van der Waals surface area contributed by atoms with Gasteiger partial charge in [0.15, 0.2) is 6.61 Å². The standard InChI is InChI=1S/C9H9N2O2/c10-9(11)7-1-3-8(4-2-7)13-6-5-12/h1-4H,6H2,(H3,10,11). The van der Waals surface area contributed by atoms with Crippen molar-refractivity contribution in [1.82, 2.24) is 0 Å². The van der Waals surface area contributed by atoms with Crippen LogP contribution in [0.15, 0.2) is 24.3 Å². The maximum absolute atomic E-state index is 9.85. The number of ether oxygens (including phenoxy) is 1. The van der Waals surface area contributed by atoms with Crippen LogP contribution in [0.1, 0.15) is 5.56 Å². The summed E-state index contributed by atoms with van der Waals surface area (Å²) in [5.41, 5.74) is 5.87. The van der Waals surface area contributed by atoms with Gasteiger partial charge in [-0.1, -0.05) is 0 Å². The van der Waals surface area contributed by atoms with Crippen LogP contribution in [0.3, 0.4) is 0 Å². The summed E-state index contributed by atoms with van der Waals surface area (Å²) in [5, 5.41) is 7.12. The van der Waals surface area contributed by atoms with Gasteiger partial charge in [-0.15, -0.1) is 0 Å². The van der Waals surface area contributed by atoms with Crippen LogP contribution in [-0.4, -0.2) is 18.7 Å². The molecule has 0 aromatic heterocycles. The van der Waals surface area contributed by atoms with Crippen molar-refractivity contribution in [3.63, 3.8) is 0 Å². The Bertz CT molecular complexity index is 306. The summed E-state index contributed by atoms with van der Waals surface area (Å²) in [6.07, 6.45) is 1.61. The minimum atomic E-state index is -0.0839. The molecular formula is C9H9N2O2. The molecule has 0 aliphatic heterocycles. The molecule has 1 aromatic carbocycles. The summed E-state index contributed by atoms with van der Waals surface area (Å²) in [5.74, 6) is 0.571. The normalized spacial score (nSPS) is 9.23. The Balaban J connectivity index is 2.69. The Morgan fingerprint density at radius 3 is 2.54 bits per heavy atom. The van der Waals surface area contributed by atoms with Gasteiger partial charge in [-0.3, -0.25) is 10.2 Å². The molecule has 4 nitrogen and oxygen atoms in total. The van der Waals surface area contributed by atoms with E-state index in [2.05, 4.69) is 0 Å². The lowest BCUT2D eigenvalue weighted by atomic mass is 10.2. The van der Waals surface area contributed by atoms with Crippen molar-refractivity contribution >= 4 is 12.1 Å². The van der Waals surface area contributed by atoms with Crippen LogP contribution in [0, 0.1) is 5.41 Å². The maximum atomic E-state index is 9.85. The fourth-order valence-electron chi connectivity index (χ4n) is 0.844. The predicted octanol–water partition coefficient (Wildman–Crippen LogP) is 0.459. The Kier molecular flexibility index (Phi) is 3.03. The Hall–Kier alpha value is -1.84. The number of hydrogen-bond donors (Lipinski definition) is 2. The lowest BCUT2D eigenvalue weighted by molar-refractivity contribution is 0.365. The maximum Gasteiger partial charge on any atom is 0.239 e. The molecule has 0 atom stereocenters. The number of hydrogen-bond acceptors (Lipinski definition) is 3. The van der Waals surface area contributed by atoms with Crippen LogP contribution in [0.25, 0.3) is 0 Å². The quantitative estimate of drug-likeness (QED) is 0.518. The van der Waals surface area contributed by atoms with Crippen LogP contribution >= 0.6 is 0 Å². The van der Waals surface area contributed by atoms with Gasteiger partial charge in [-0.2, -0.15) is 0 Å². The Morgan fingerprint density at radius 1 is 1.46 bits per heavy atom. The number of nitrogens with one attached hydrogen (secondary N) is 1. The number of nitrogens with two attached hydrogens (primary N) is 1. The molecule has 0 aliphatic carbocycles. The molecule has 0 unspecified atom stereocenters. The zero-order chi connectivity index (χ0) is 9.68. The first-order chi connectivity index (χ1) is 6.24. The van der Waals surface area contributed by atoms with E-state index in [1.807, 2.05) is 0 Å². The van der Waals surface area contributed by atoms with Crippen LogP contribution in [0.4, 0.5) is 0 Å². The van der Waals surface area contributed by atoms with Gasteiger partial charge in [0.05, 0.1) is 0 Å². The predicted molar refractivity (Wildman–Crippen MR) is 48.6 cm³/mol. The number of rotatable bonds is 4. The molecule has 0 spiro atoms. The van der Waals surface area contributed by atoms with Gasteiger partial charge in [-0.05, 0) is 24.3 Å². The highest BCUT2D eigenvalue weighted by molar-refractivity contribution is 5.94. The van der Waals surface area contributed by atoms with E-state index in [1.165, 1.54) is 0 Å². The van der Waals surface area contributed by atoms with Crippen molar-refractivity contribution in [2.45, 2.75) is 0 Å². The molecule has 0 heterocycles. The average molecular weight is 177 g/mol. The minimum absolute atomic E-state index is 0.00787. The monoisotopic (exact) mass is 177 g/mol. The molecule has 0 bridgehead atoms. The van der Waals surface area contributed by atoms with Gasteiger partial charge in [0.2, 0.25) is 6.29 Å². The molecule has 0 aliphatic rings. The third-order valence-corrected chi connectivity index (χ3v) is 1.46. The highest BCUT2D eigenvalue weighted by Gasteiger charge is 1.96. The van der Waals surface area contributed by atoms with Crippen molar-refractivity contribution < 1.29 is 9.53 Å². The first-order valence-electron chi connectivity index (χ1n) is 3.66. The fourth-order valence-corrected chi connectivity index (χ4v) is 0.844. The molecule has 0 saturated heterocycles. The lowest BCUT2D eigenvalue weighted by Crippen LogP contribution is -2.10. The van der Waals surface area contributed by atoms with Crippen LogP contribution in [0.2, 0.25) is 0 Å². The Labute approximate surface area is 75.8 Å². The van der Waals surface area contributed by atoms with Gasteiger partial charge in [0.1, 0.15) is 11.6 Å². The van der Waals surface area contributed by atoms with E-state index in [0.29, 0.717) is 11.3 Å². The molecule has 3 N–H and O–H groups in total. The van der Waals surface area contributed by atoms with Crippen LogP contribution in [-0.2, 0) is 4.79 Å². The van der Waals surface area contributed by atoms with Crippen LogP contribution in [0.5, 0.6) is 5.75 Å². The summed E-state index contributed by atoms with van der Waals surface area (Å²) in [7, 11) is 0. The summed E-state index contributed by atoms with van der Waals surface area (Å²) >= 11 is 0. The van der Waals surface area contributed by atoms with Crippen molar-refractivity contribution in [3.05, 3.63) is 29.8 Å². The summed E-state index contributed by atoms with van der Waals surface area (Å²) in [6, 6.07) is 6.60. The molecule has 13 heavy (non-hydrogen) atoms. The van der Waals surface area contributed by atoms with E-state index in [1.54, 1.807) is 30.6 Å². The Morgan fingerprint density at radius 2 is 2.08 bits per heavy atom. The smallest absolute Gasteiger partial charge is 0.239 e. The van der Waals surface area contributed by atoms with Crippen molar-refractivity contribution in [2.24, 2.45) is 5.73 Å². The van der Waals surface area contributed by atoms with Gasteiger partial charge >= 0.3 is 0 Å². The fraction of sp³-hybridized carbons (Fsp3) is 0.111. The second-order valence-electron chi connectivity index (χ2n) is 2.37. The van der Waals surface area contributed by atoms with E-state index >= 15 is 0 Å². The zero-order valence-corrected chi connectivity index (χ0v) is 6.91. The number of amidine groups is 1. The number of benzene rings is 1. The topological polar surface area (TPSA) is 76.2 Å². The highest BCUT2D eigenvalue weighted by Crippen LogP contribution is 2.11. The zero-order valence-electron chi connectivity index (χ0n) is 6.91. The first kappa shape index (κ1) is 9.25. The van der Waals surface area contributed by atoms with Gasteiger partial charge < -0.3 is 10.5 Å². The molecule has 0 fully saturated rings. The summed E-state index contributed by atoms with van der Waals surface area (Å²) < 4.78 is 4.95. The van der Waals surface area contributed by atoms with Gasteiger partial charge in [0, 0.05) is 5.56 Å². The van der Waals surface area contributed by atoms with Crippen LogP contribution < -0.4 is 10.5 Å². The summed E-state index contributed by atoms with van der Waals surface area (Å²) in [6.45, 7) is -0.0839. The van der Waals surface area contributed by atoms with E-state index in [9.17, 15) is 4.79 Å².